The van der Waals surface area contributed by atoms with E-state index in [9.17, 15) is 4.79 Å². The van der Waals surface area contributed by atoms with Gasteiger partial charge in [-0.05, 0) is 43.3 Å². The highest BCUT2D eigenvalue weighted by Crippen LogP contribution is 2.26. The first kappa shape index (κ1) is 17.5. The van der Waals surface area contributed by atoms with Crippen LogP contribution in [-0.2, 0) is 0 Å². The molecule has 0 saturated heterocycles. The molecule has 0 amide bonds. The molecule has 6 heteroatoms. The molecule has 3 aromatic carbocycles. The standard InChI is InChI=1S/C23H17ClN4O/c1-15-21-22(26-28(15)25-17-9-7-8-16(24)14-17)19-12-5-6-13-20(19)27(23(21)29)18-10-3-2-4-11-18/h2-14,25H,1H3. The lowest BCUT2D eigenvalue weighted by Crippen LogP contribution is -2.19. The fraction of sp³-hybridized carbons (Fsp3) is 0.0435. The number of nitrogens with zero attached hydrogens (tertiary/aromatic N) is 3. The Balaban J connectivity index is 1.81. The third-order valence-corrected chi connectivity index (χ3v) is 5.24. The number of hydrogen-bond donors (Lipinski definition) is 1. The Labute approximate surface area is 171 Å². The summed E-state index contributed by atoms with van der Waals surface area (Å²) in [5.41, 5.74) is 6.98. The molecule has 5 rings (SSSR count). The van der Waals surface area contributed by atoms with E-state index in [0.717, 1.165) is 28.0 Å². The number of anilines is 1. The molecule has 0 aliphatic rings. The van der Waals surface area contributed by atoms with Crippen molar-refractivity contribution >= 4 is 39.1 Å². The summed E-state index contributed by atoms with van der Waals surface area (Å²) < 4.78 is 1.75. The molecule has 0 saturated carbocycles. The first-order valence-corrected chi connectivity index (χ1v) is 9.62. The maximum Gasteiger partial charge on any atom is 0.267 e. The summed E-state index contributed by atoms with van der Waals surface area (Å²) in [6.45, 7) is 1.89. The molecule has 142 valence electrons. The van der Waals surface area contributed by atoms with Crippen LogP contribution in [0.3, 0.4) is 0 Å². The zero-order valence-electron chi connectivity index (χ0n) is 15.6. The molecule has 0 unspecified atom stereocenters. The molecule has 1 N–H and O–H groups in total. The van der Waals surface area contributed by atoms with Gasteiger partial charge in [-0.25, -0.2) is 0 Å². The minimum absolute atomic E-state index is 0.0958. The summed E-state index contributed by atoms with van der Waals surface area (Å²) in [6.07, 6.45) is 0. The molecule has 0 atom stereocenters. The maximum absolute atomic E-state index is 13.5. The predicted molar refractivity (Wildman–Crippen MR) is 118 cm³/mol. The number of aromatic nitrogens is 3. The number of nitrogens with one attached hydrogen (secondary N) is 1. The first-order chi connectivity index (χ1) is 14.1. The molecule has 29 heavy (non-hydrogen) atoms. The van der Waals surface area contributed by atoms with Gasteiger partial charge in [0.15, 0.2) is 0 Å². The third-order valence-electron chi connectivity index (χ3n) is 5.01. The topological polar surface area (TPSA) is 51.9 Å². The van der Waals surface area contributed by atoms with Crippen molar-refractivity contribution < 1.29 is 0 Å². The van der Waals surface area contributed by atoms with Crippen LogP contribution in [0.1, 0.15) is 5.69 Å². The molecule has 5 nitrogen and oxygen atoms in total. The smallest absolute Gasteiger partial charge is 0.267 e. The molecule has 2 heterocycles. The number of hydrogen-bond acceptors (Lipinski definition) is 3. The van der Waals surface area contributed by atoms with Gasteiger partial charge in [0.25, 0.3) is 5.56 Å². The van der Waals surface area contributed by atoms with Crippen molar-refractivity contribution in [1.82, 2.24) is 14.5 Å². The van der Waals surface area contributed by atoms with Gasteiger partial charge in [0, 0.05) is 16.1 Å². The van der Waals surface area contributed by atoms with E-state index >= 15 is 0 Å². The van der Waals surface area contributed by atoms with Gasteiger partial charge in [-0.15, -0.1) is 0 Å². The molecular weight excluding hydrogens is 384 g/mol. The van der Waals surface area contributed by atoms with Gasteiger partial charge >= 0.3 is 0 Å². The molecular formula is C23H17ClN4O. The SMILES string of the molecule is Cc1c2c(=O)n(-c3ccccc3)c3ccccc3c2nn1Nc1cccc(Cl)c1. The zero-order valence-corrected chi connectivity index (χ0v) is 16.4. The average molecular weight is 401 g/mol. The Bertz CT molecular complexity index is 1420. The van der Waals surface area contributed by atoms with Gasteiger partial charge in [-0.2, -0.15) is 9.89 Å². The van der Waals surface area contributed by atoms with Crippen LogP contribution >= 0.6 is 11.6 Å². The molecule has 0 aliphatic heterocycles. The van der Waals surface area contributed by atoms with Gasteiger partial charge in [0.1, 0.15) is 5.52 Å². The second kappa shape index (κ2) is 6.79. The zero-order chi connectivity index (χ0) is 20.0. The van der Waals surface area contributed by atoms with E-state index in [-0.39, 0.29) is 5.56 Å². The lowest BCUT2D eigenvalue weighted by molar-refractivity contribution is 0.787. The largest absolute Gasteiger partial charge is 0.278 e. The van der Waals surface area contributed by atoms with Crippen LogP contribution in [0.4, 0.5) is 5.69 Å². The second-order valence-electron chi connectivity index (χ2n) is 6.84. The van der Waals surface area contributed by atoms with E-state index in [1.54, 1.807) is 9.36 Å². The summed E-state index contributed by atoms with van der Waals surface area (Å²) in [7, 11) is 0. The van der Waals surface area contributed by atoms with Gasteiger partial charge in [-0.3, -0.25) is 14.8 Å². The van der Waals surface area contributed by atoms with Crippen LogP contribution in [0.5, 0.6) is 0 Å². The lowest BCUT2D eigenvalue weighted by Gasteiger charge is -2.11. The monoisotopic (exact) mass is 400 g/mol. The van der Waals surface area contributed by atoms with Crippen molar-refractivity contribution in [2.75, 3.05) is 5.43 Å². The van der Waals surface area contributed by atoms with Crippen molar-refractivity contribution in [3.05, 3.63) is 99.9 Å². The molecule has 0 fully saturated rings. The summed E-state index contributed by atoms with van der Waals surface area (Å²) in [6, 6.07) is 24.9. The minimum atomic E-state index is -0.0958. The number of aryl methyl sites for hydroxylation is 1. The van der Waals surface area contributed by atoms with Crippen LogP contribution in [0.2, 0.25) is 5.02 Å². The van der Waals surface area contributed by atoms with Gasteiger partial charge < -0.3 is 0 Å². The van der Waals surface area contributed by atoms with Gasteiger partial charge in [0.05, 0.1) is 22.3 Å². The van der Waals surface area contributed by atoms with Crippen LogP contribution in [0.25, 0.3) is 27.5 Å². The molecule has 0 spiro atoms. The normalized spacial score (nSPS) is 11.2. The van der Waals surface area contributed by atoms with E-state index in [0.29, 0.717) is 15.9 Å². The van der Waals surface area contributed by atoms with E-state index in [1.165, 1.54) is 0 Å². The highest BCUT2D eigenvalue weighted by atomic mass is 35.5. The third kappa shape index (κ3) is 2.87. The number of para-hydroxylation sites is 2. The maximum atomic E-state index is 13.5. The fourth-order valence-electron chi connectivity index (χ4n) is 3.66. The number of rotatable bonds is 3. The highest BCUT2D eigenvalue weighted by Gasteiger charge is 2.18. The summed E-state index contributed by atoms with van der Waals surface area (Å²) >= 11 is 6.10. The quantitative estimate of drug-likeness (QED) is 0.454. The summed E-state index contributed by atoms with van der Waals surface area (Å²) in [4.78, 5) is 15.2. The van der Waals surface area contributed by atoms with Gasteiger partial charge in [-0.1, -0.05) is 54.1 Å². The van der Waals surface area contributed by atoms with Crippen LogP contribution in [-0.4, -0.2) is 14.5 Å². The molecule has 0 aliphatic carbocycles. The van der Waals surface area contributed by atoms with Crippen LogP contribution in [0, 0.1) is 6.92 Å². The second-order valence-corrected chi connectivity index (χ2v) is 7.27. The van der Waals surface area contributed by atoms with Crippen LogP contribution in [0.15, 0.2) is 83.7 Å². The number of benzene rings is 3. The van der Waals surface area contributed by atoms with Crippen molar-refractivity contribution in [1.29, 1.82) is 0 Å². The van der Waals surface area contributed by atoms with Crippen molar-refractivity contribution in [3.63, 3.8) is 0 Å². The van der Waals surface area contributed by atoms with E-state index in [4.69, 9.17) is 16.7 Å². The average Bonchev–Trinajstić information content (AvgIpc) is 3.06. The Morgan fingerprint density at radius 1 is 0.931 bits per heavy atom. The molecule has 0 bridgehead atoms. The first-order valence-electron chi connectivity index (χ1n) is 9.24. The van der Waals surface area contributed by atoms with Crippen molar-refractivity contribution in [2.24, 2.45) is 0 Å². The number of pyridine rings is 1. The van der Waals surface area contributed by atoms with Crippen molar-refractivity contribution in [2.45, 2.75) is 6.92 Å². The van der Waals surface area contributed by atoms with Gasteiger partial charge in [0.2, 0.25) is 0 Å². The highest BCUT2D eigenvalue weighted by molar-refractivity contribution is 6.30. The number of fused-ring (bicyclic) bond motifs is 3. The predicted octanol–water partition coefficient (Wildman–Crippen LogP) is 5.18. The fourth-order valence-corrected chi connectivity index (χ4v) is 3.85. The Morgan fingerprint density at radius 2 is 1.69 bits per heavy atom. The number of halogens is 1. The Morgan fingerprint density at radius 3 is 2.48 bits per heavy atom. The summed E-state index contributed by atoms with van der Waals surface area (Å²) in [5.74, 6) is 0. The lowest BCUT2D eigenvalue weighted by atomic mass is 10.1. The molecule has 0 radical (unpaired) electrons. The van der Waals surface area contributed by atoms with E-state index < -0.39 is 0 Å². The summed E-state index contributed by atoms with van der Waals surface area (Å²) in [5, 5.41) is 6.84. The molecule has 5 aromatic rings. The van der Waals surface area contributed by atoms with Crippen molar-refractivity contribution in [3.8, 4) is 5.69 Å². The minimum Gasteiger partial charge on any atom is -0.278 e. The Kier molecular flexibility index (Phi) is 4.11. The van der Waals surface area contributed by atoms with E-state index in [1.807, 2.05) is 85.8 Å². The van der Waals surface area contributed by atoms with E-state index in [2.05, 4.69) is 5.43 Å². The molecule has 2 aromatic heterocycles. The van der Waals surface area contributed by atoms with Crippen LogP contribution < -0.4 is 11.0 Å². The Hall–Kier alpha value is -3.57.